The maximum Gasteiger partial charge on any atom is 0.255 e. The molecule has 1 aliphatic carbocycles. The van der Waals surface area contributed by atoms with Gasteiger partial charge in [-0.1, -0.05) is 6.07 Å². The SMILES string of the molecule is COc1cc(C(=O)Nc2cccc(S(=O)(=O)NC(C)(C)C)c2)ccc1OC1CCCC1. The highest BCUT2D eigenvalue weighted by atomic mass is 32.2. The average Bonchev–Trinajstić information content (AvgIpc) is 3.20. The summed E-state index contributed by atoms with van der Waals surface area (Å²) in [5.74, 6) is 0.738. The summed E-state index contributed by atoms with van der Waals surface area (Å²) in [6.45, 7) is 5.30. The van der Waals surface area contributed by atoms with E-state index in [-0.39, 0.29) is 16.9 Å². The number of rotatable bonds is 7. The summed E-state index contributed by atoms with van der Waals surface area (Å²) in [6, 6.07) is 11.2. The molecule has 0 atom stereocenters. The van der Waals surface area contributed by atoms with E-state index in [2.05, 4.69) is 10.0 Å². The fourth-order valence-corrected chi connectivity index (χ4v) is 4.96. The minimum Gasteiger partial charge on any atom is -0.493 e. The third kappa shape index (κ3) is 6.21. The molecule has 0 saturated heterocycles. The van der Waals surface area contributed by atoms with Gasteiger partial charge in [-0.25, -0.2) is 13.1 Å². The maximum atomic E-state index is 12.8. The first-order chi connectivity index (χ1) is 14.6. The molecular formula is C23H30N2O5S. The number of carbonyl (C=O) groups is 1. The van der Waals surface area contributed by atoms with Crippen LogP contribution in [0, 0.1) is 0 Å². The van der Waals surface area contributed by atoms with E-state index in [1.807, 2.05) is 0 Å². The smallest absolute Gasteiger partial charge is 0.255 e. The summed E-state index contributed by atoms with van der Waals surface area (Å²) in [5, 5.41) is 2.75. The van der Waals surface area contributed by atoms with Crippen LogP contribution in [0.3, 0.4) is 0 Å². The van der Waals surface area contributed by atoms with Gasteiger partial charge in [0, 0.05) is 16.8 Å². The quantitative estimate of drug-likeness (QED) is 0.660. The van der Waals surface area contributed by atoms with Crippen molar-refractivity contribution in [1.82, 2.24) is 4.72 Å². The Morgan fingerprint density at radius 3 is 2.39 bits per heavy atom. The topological polar surface area (TPSA) is 93.7 Å². The Kier molecular flexibility index (Phi) is 6.91. The fraction of sp³-hybridized carbons (Fsp3) is 0.435. The molecule has 0 aliphatic heterocycles. The Hall–Kier alpha value is -2.58. The Labute approximate surface area is 184 Å². The first-order valence-electron chi connectivity index (χ1n) is 10.4. The lowest BCUT2D eigenvalue weighted by Gasteiger charge is -2.20. The molecule has 2 aromatic carbocycles. The lowest BCUT2D eigenvalue weighted by atomic mass is 10.1. The minimum absolute atomic E-state index is 0.0816. The van der Waals surface area contributed by atoms with Crippen molar-refractivity contribution in [1.29, 1.82) is 0 Å². The Morgan fingerprint density at radius 1 is 1.03 bits per heavy atom. The van der Waals surface area contributed by atoms with Gasteiger partial charge in [-0.05, 0) is 82.9 Å². The van der Waals surface area contributed by atoms with Gasteiger partial charge >= 0.3 is 0 Å². The molecule has 7 nitrogen and oxygen atoms in total. The number of amides is 1. The number of carbonyl (C=O) groups excluding carboxylic acids is 1. The number of hydrogen-bond acceptors (Lipinski definition) is 5. The number of benzene rings is 2. The van der Waals surface area contributed by atoms with E-state index in [1.165, 1.54) is 19.2 Å². The molecule has 1 aliphatic rings. The molecule has 1 fully saturated rings. The van der Waals surface area contributed by atoms with E-state index in [9.17, 15) is 13.2 Å². The maximum absolute atomic E-state index is 12.8. The number of sulfonamides is 1. The van der Waals surface area contributed by atoms with Crippen LogP contribution in [0.25, 0.3) is 0 Å². The second-order valence-electron chi connectivity index (χ2n) is 8.73. The Morgan fingerprint density at radius 2 is 1.74 bits per heavy atom. The van der Waals surface area contributed by atoms with E-state index < -0.39 is 15.6 Å². The molecular weight excluding hydrogens is 416 g/mol. The third-order valence-corrected chi connectivity index (χ3v) is 6.62. The number of anilines is 1. The summed E-state index contributed by atoms with van der Waals surface area (Å²) < 4.78 is 39.2. The zero-order valence-electron chi connectivity index (χ0n) is 18.4. The normalized spacial score (nSPS) is 15.0. The predicted molar refractivity (Wildman–Crippen MR) is 120 cm³/mol. The summed E-state index contributed by atoms with van der Waals surface area (Å²) in [4.78, 5) is 12.8. The van der Waals surface area contributed by atoms with Crippen LogP contribution in [0.15, 0.2) is 47.4 Å². The van der Waals surface area contributed by atoms with E-state index in [0.29, 0.717) is 22.7 Å². The Balaban J connectivity index is 1.75. The van der Waals surface area contributed by atoms with Gasteiger partial charge in [-0.3, -0.25) is 4.79 Å². The van der Waals surface area contributed by atoms with Crippen LogP contribution in [-0.2, 0) is 10.0 Å². The lowest BCUT2D eigenvalue weighted by molar-refractivity contribution is 0.102. The largest absolute Gasteiger partial charge is 0.493 e. The van der Waals surface area contributed by atoms with Gasteiger partial charge in [-0.15, -0.1) is 0 Å². The number of methoxy groups -OCH3 is 1. The summed E-state index contributed by atoms with van der Waals surface area (Å²) in [6.07, 6.45) is 4.55. The molecule has 3 rings (SSSR count). The van der Waals surface area contributed by atoms with Crippen LogP contribution >= 0.6 is 0 Å². The zero-order chi connectivity index (χ0) is 22.6. The molecule has 0 unspecified atom stereocenters. The van der Waals surface area contributed by atoms with E-state index in [1.54, 1.807) is 51.1 Å². The molecule has 8 heteroatoms. The van der Waals surface area contributed by atoms with Crippen LogP contribution in [-0.4, -0.2) is 33.1 Å². The molecule has 168 valence electrons. The number of hydrogen-bond donors (Lipinski definition) is 2. The van der Waals surface area contributed by atoms with E-state index in [0.717, 1.165) is 25.7 Å². The van der Waals surface area contributed by atoms with E-state index >= 15 is 0 Å². The van der Waals surface area contributed by atoms with Gasteiger partial charge in [0.25, 0.3) is 5.91 Å². The highest BCUT2D eigenvalue weighted by molar-refractivity contribution is 7.89. The highest BCUT2D eigenvalue weighted by Crippen LogP contribution is 2.32. The van der Waals surface area contributed by atoms with Crippen molar-refractivity contribution >= 4 is 21.6 Å². The molecule has 1 saturated carbocycles. The molecule has 1 amide bonds. The van der Waals surface area contributed by atoms with Crippen molar-refractivity contribution in [2.24, 2.45) is 0 Å². The van der Waals surface area contributed by atoms with Gasteiger partial charge in [0.1, 0.15) is 0 Å². The standard InChI is InChI=1S/C23H30N2O5S/c1-23(2,3)25-31(27,28)19-11-7-8-17(15-19)24-22(26)16-12-13-20(21(14-16)29-4)30-18-9-5-6-10-18/h7-8,11-15,18,25H,5-6,9-10H2,1-4H3,(H,24,26). The van der Waals surface area contributed by atoms with Crippen molar-refractivity contribution < 1.29 is 22.7 Å². The number of nitrogens with one attached hydrogen (secondary N) is 2. The van der Waals surface area contributed by atoms with Crippen molar-refractivity contribution in [2.45, 2.75) is 63.0 Å². The van der Waals surface area contributed by atoms with Gasteiger partial charge in [0.05, 0.1) is 18.1 Å². The summed E-state index contributed by atoms with van der Waals surface area (Å²) >= 11 is 0. The second kappa shape index (κ2) is 9.28. The molecule has 0 aromatic heterocycles. The van der Waals surface area contributed by atoms with Gasteiger partial charge in [-0.2, -0.15) is 0 Å². The summed E-state index contributed by atoms with van der Waals surface area (Å²) in [7, 11) is -2.17. The number of ether oxygens (including phenoxy) is 2. The van der Waals surface area contributed by atoms with Crippen molar-refractivity contribution in [2.75, 3.05) is 12.4 Å². The third-order valence-electron chi connectivity index (χ3n) is 4.86. The summed E-state index contributed by atoms with van der Waals surface area (Å²) in [5.41, 5.74) is 0.153. The van der Waals surface area contributed by atoms with Crippen molar-refractivity contribution in [3.63, 3.8) is 0 Å². The monoisotopic (exact) mass is 446 g/mol. The average molecular weight is 447 g/mol. The molecule has 0 heterocycles. The fourth-order valence-electron chi connectivity index (χ4n) is 3.50. The molecule has 0 spiro atoms. The van der Waals surface area contributed by atoms with Crippen LogP contribution in [0.5, 0.6) is 11.5 Å². The Bertz CT molecular complexity index is 1040. The molecule has 0 bridgehead atoms. The van der Waals surface area contributed by atoms with Gasteiger partial charge in [0.2, 0.25) is 10.0 Å². The molecule has 2 N–H and O–H groups in total. The van der Waals surface area contributed by atoms with Crippen LogP contribution in [0.1, 0.15) is 56.8 Å². The first-order valence-corrected chi connectivity index (χ1v) is 11.9. The molecule has 0 radical (unpaired) electrons. The van der Waals surface area contributed by atoms with E-state index in [4.69, 9.17) is 9.47 Å². The van der Waals surface area contributed by atoms with Crippen LogP contribution in [0.2, 0.25) is 0 Å². The second-order valence-corrected chi connectivity index (χ2v) is 10.4. The molecule has 2 aromatic rings. The van der Waals surface area contributed by atoms with Gasteiger partial charge in [0.15, 0.2) is 11.5 Å². The highest BCUT2D eigenvalue weighted by Gasteiger charge is 2.23. The predicted octanol–water partition coefficient (Wildman–Crippen LogP) is 4.35. The molecule has 31 heavy (non-hydrogen) atoms. The van der Waals surface area contributed by atoms with Gasteiger partial charge < -0.3 is 14.8 Å². The lowest BCUT2D eigenvalue weighted by Crippen LogP contribution is -2.40. The zero-order valence-corrected chi connectivity index (χ0v) is 19.2. The van der Waals surface area contributed by atoms with Crippen LogP contribution in [0.4, 0.5) is 5.69 Å². The minimum atomic E-state index is -3.71. The first kappa shape index (κ1) is 23.1. The van der Waals surface area contributed by atoms with Crippen molar-refractivity contribution in [3.8, 4) is 11.5 Å². The van der Waals surface area contributed by atoms with Crippen LogP contribution < -0.4 is 19.5 Å². The van der Waals surface area contributed by atoms with Crippen molar-refractivity contribution in [3.05, 3.63) is 48.0 Å².